The number of halogens is 2. The van der Waals surface area contributed by atoms with Gasteiger partial charge >= 0.3 is 0 Å². The summed E-state index contributed by atoms with van der Waals surface area (Å²) in [6.45, 7) is 0. The van der Waals surface area contributed by atoms with E-state index in [0.717, 1.165) is 24.3 Å². The Kier molecular flexibility index (Phi) is 6.66. The van der Waals surface area contributed by atoms with E-state index in [9.17, 15) is 22.4 Å². The van der Waals surface area contributed by atoms with E-state index in [4.69, 9.17) is 22.1 Å². The van der Waals surface area contributed by atoms with Gasteiger partial charge in [-0.2, -0.15) is 0 Å². The standard InChI is InChI=1S/C21H17ClFN3O5S/c1-31-19-9-3-12(20(24)27)10-18(19)25-21(28)13-2-8-16(22)17(11-13)26-32(29,30)15-6-4-14(23)5-7-15/h2-11,26H,1H3,(H2,24,27)(H,25,28). The highest BCUT2D eigenvalue weighted by molar-refractivity contribution is 7.92. The Balaban J connectivity index is 1.88. The maximum atomic E-state index is 13.1. The Morgan fingerprint density at radius 3 is 2.22 bits per heavy atom. The molecule has 0 aliphatic carbocycles. The summed E-state index contributed by atoms with van der Waals surface area (Å²) in [4.78, 5) is 24.0. The fraction of sp³-hybridized carbons (Fsp3) is 0.0476. The highest BCUT2D eigenvalue weighted by Crippen LogP contribution is 2.29. The third-order valence-electron chi connectivity index (χ3n) is 4.33. The Labute approximate surface area is 188 Å². The minimum Gasteiger partial charge on any atom is -0.495 e. The minimum atomic E-state index is -4.08. The predicted octanol–water partition coefficient (Wildman–Crippen LogP) is 3.64. The van der Waals surface area contributed by atoms with Gasteiger partial charge < -0.3 is 15.8 Å². The number of rotatable bonds is 7. The van der Waals surface area contributed by atoms with E-state index >= 15 is 0 Å². The van der Waals surface area contributed by atoms with Crippen LogP contribution < -0.4 is 20.5 Å². The first kappa shape index (κ1) is 23.0. The van der Waals surface area contributed by atoms with Crippen LogP contribution in [0.1, 0.15) is 20.7 Å². The number of ether oxygens (including phenoxy) is 1. The second-order valence-corrected chi connectivity index (χ2v) is 8.58. The average Bonchev–Trinajstić information content (AvgIpc) is 2.75. The van der Waals surface area contributed by atoms with Crippen molar-refractivity contribution in [2.75, 3.05) is 17.1 Å². The number of hydrogen-bond acceptors (Lipinski definition) is 5. The molecule has 0 spiro atoms. The predicted molar refractivity (Wildman–Crippen MR) is 118 cm³/mol. The third-order valence-corrected chi connectivity index (χ3v) is 6.04. The van der Waals surface area contributed by atoms with Gasteiger partial charge in [0.05, 0.1) is 28.4 Å². The molecule has 11 heteroatoms. The SMILES string of the molecule is COc1ccc(C(N)=O)cc1NC(=O)c1ccc(Cl)c(NS(=O)(=O)c2ccc(F)cc2)c1. The van der Waals surface area contributed by atoms with Crippen molar-refractivity contribution in [3.8, 4) is 5.75 Å². The summed E-state index contributed by atoms with van der Waals surface area (Å²) >= 11 is 6.09. The van der Waals surface area contributed by atoms with E-state index in [2.05, 4.69) is 10.0 Å². The fourth-order valence-electron chi connectivity index (χ4n) is 2.72. The number of carbonyl (C=O) groups excluding carboxylic acids is 2. The second-order valence-electron chi connectivity index (χ2n) is 6.49. The number of hydrogen-bond donors (Lipinski definition) is 3. The Morgan fingerprint density at radius 1 is 0.969 bits per heavy atom. The minimum absolute atomic E-state index is 0.0422. The first-order valence-electron chi connectivity index (χ1n) is 8.98. The molecule has 8 nitrogen and oxygen atoms in total. The van der Waals surface area contributed by atoms with Crippen LogP contribution in [0.25, 0.3) is 0 Å². The van der Waals surface area contributed by atoms with Gasteiger partial charge in [0.1, 0.15) is 11.6 Å². The van der Waals surface area contributed by atoms with E-state index in [-0.39, 0.29) is 38.2 Å². The second kappa shape index (κ2) is 9.25. The number of nitrogens with one attached hydrogen (secondary N) is 2. The van der Waals surface area contributed by atoms with Crippen molar-refractivity contribution in [2.45, 2.75) is 4.90 Å². The normalized spacial score (nSPS) is 11.0. The monoisotopic (exact) mass is 477 g/mol. The van der Waals surface area contributed by atoms with Crippen LogP contribution >= 0.6 is 11.6 Å². The molecule has 0 fully saturated rings. The van der Waals surface area contributed by atoms with E-state index in [1.54, 1.807) is 0 Å². The van der Waals surface area contributed by atoms with E-state index in [0.29, 0.717) is 0 Å². The lowest BCUT2D eigenvalue weighted by Gasteiger charge is -2.13. The van der Waals surface area contributed by atoms with Crippen LogP contribution in [0.3, 0.4) is 0 Å². The molecule has 3 aromatic carbocycles. The quantitative estimate of drug-likeness (QED) is 0.478. The number of anilines is 2. The number of nitrogens with two attached hydrogens (primary N) is 1. The van der Waals surface area contributed by atoms with Gasteiger partial charge in [0.25, 0.3) is 15.9 Å². The molecule has 0 atom stereocenters. The third kappa shape index (κ3) is 5.16. The molecule has 32 heavy (non-hydrogen) atoms. The summed E-state index contributed by atoms with van der Waals surface area (Å²) in [5.41, 5.74) is 5.64. The molecule has 166 valence electrons. The molecule has 0 saturated carbocycles. The Hall–Kier alpha value is -3.63. The van der Waals surface area contributed by atoms with Crippen molar-refractivity contribution in [3.05, 3.63) is 82.6 Å². The molecular weight excluding hydrogens is 461 g/mol. The Morgan fingerprint density at radius 2 is 1.59 bits per heavy atom. The first-order valence-corrected chi connectivity index (χ1v) is 10.8. The van der Waals surface area contributed by atoms with Gasteiger partial charge in [0, 0.05) is 11.1 Å². The van der Waals surface area contributed by atoms with E-state index < -0.39 is 27.7 Å². The number of amides is 2. The molecule has 0 unspecified atom stereocenters. The molecule has 3 aromatic rings. The van der Waals surface area contributed by atoms with Crippen LogP contribution in [0.2, 0.25) is 5.02 Å². The number of methoxy groups -OCH3 is 1. The van der Waals surface area contributed by atoms with Crippen molar-refractivity contribution < 1.29 is 27.1 Å². The van der Waals surface area contributed by atoms with Crippen molar-refractivity contribution in [3.63, 3.8) is 0 Å². The lowest BCUT2D eigenvalue weighted by atomic mass is 10.1. The van der Waals surface area contributed by atoms with Gasteiger partial charge in [0.15, 0.2) is 0 Å². The molecule has 3 rings (SSSR count). The summed E-state index contributed by atoms with van der Waals surface area (Å²) in [5, 5.41) is 2.63. The average molecular weight is 478 g/mol. The van der Waals surface area contributed by atoms with Gasteiger partial charge in [-0.05, 0) is 60.7 Å². The van der Waals surface area contributed by atoms with Crippen molar-refractivity contribution >= 4 is 44.8 Å². The largest absolute Gasteiger partial charge is 0.495 e. The van der Waals surface area contributed by atoms with Gasteiger partial charge in [-0.25, -0.2) is 12.8 Å². The molecular formula is C21H17ClFN3O5S. The van der Waals surface area contributed by atoms with Gasteiger partial charge in [0.2, 0.25) is 5.91 Å². The maximum Gasteiger partial charge on any atom is 0.261 e. The van der Waals surface area contributed by atoms with Crippen molar-refractivity contribution in [1.82, 2.24) is 0 Å². The number of sulfonamides is 1. The lowest BCUT2D eigenvalue weighted by molar-refractivity contribution is 0.0996. The molecule has 0 radical (unpaired) electrons. The number of primary amides is 1. The van der Waals surface area contributed by atoms with Crippen LogP contribution in [0.15, 0.2) is 65.6 Å². The smallest absolute Gasteiger partial charge is 0.261 e. The molecule has 0 saturated heterocycles. The summed E-state index contributed by atoms with van der Waals surface area (Å²) in [5.74, 6) is -1.61. The van der Waals surface area contributed by atoms with E-state index in [1.165, 1.54) is 43.5 Å². The zero-order valence-corrected chi connectivity index (χ0v) is 18.1. The molecule has 0 aliphatic heterocycles. The molecule has 0 aliphatic rings. The van der Waals surface area contributed by atoms with Crippen LogP contribution in [0, 0.1) is 5.82 Å². The van der Waals surface area contributed by atoms with Gasteiger partial charge in [-0.3, -0.25) is 14.3 Å². The lowest BCUT2D eigenvalue weighted by Crippen LogP contribution is -2.17. The molecule has 0 heterocycles. The molecule has 0 bridgehead atoms. The van der Waals surface area contributed by atoms with Gasteiger partial charge in [-0.1, -0.05) is 11.6 Å². The van der Waals surface area contributed by atoms with Crippen LogP contribution in [0.5, 0.6) is 5.75 Å². The van der Waals surface area contributed by atoms with Crippen molar-refractivity contribution in [2.24, 2.45) is 5.73 Å². The summed E-state index contributed by atoms with van der Waals surface area (Å²) in [6.07, 6.45) is 0. The van der Waals surface area contributed by atoms with Crippen LogP contribution in [-0.2, 0) is 10.0 Å². The zero-order chi connectivity index (χ0) is 23.5. The van der Waals surface area contributed by atoms with Crippen LogP contribution in [0.4, 0.5) is 15.8 Å². The van der Waals surface area contributed by atoms with Crippen LogP contribution in [-0.4, -0.2) is 27.3 Å². The molecule has 2 amide bonds. The maximum absolute atomic E-state index is 13.1. The first-order chi connectivity index (χ1) is 15.1. The van der Waals surface area contributed by atoms with Gasteiger partial charge in [-0.15, -0.1) is 0 Å². The highest BCUT2D eigenvalue weighted by atomic mass is 35.5. The molecule has 4 N–H and O–H groups in total. The van der Waals surface area contributed by atoms with E-state index in [1.807, 2.05) is 0 Å². The summed E-state index contributed by atoms with van der Waals surface area (Å²) in [6, 6.07) is 12.5. The summed E-state index contributed by atoms with van der Waals surface area (Å²) < 4.78 is 45.7. The molecule has 0 aromatic heterocycles. The summed E-state index contributed by atoms with van der Waals surface area (Å²) in [7, 11) is -2.70. The Bertz CT molecular complexity index is 1300. The topological polar surface area (TPSA) is 128 Å². The number of benzene rings is 3. The van der Waals surface area contributed by atoms with Crippen molar-refractivity contribution in [1.29, 1.82) is 0 Å². The number of carbonyl (C=O) groups is 2. The fourth-order valence-corrected chi connectivity index (χ4v) is 4.01. The highest BCUT2D eigenvalue weighted by Gasteiger charge is 2.18. The zero-order valence-electron chi connectivity index (χ0n) is 16.6.